The minimum Gasteiger partial charge on any atom is -0.465 e. The molecule has 3 aromatic carbocycles. The fraction of sp³-hybridized carbons (Fsp3) is 0.233. The van der Waals surface area contributed by atoms with Gasteiger partial charge >= 0.3 is 5.97 Å². The minimum atomic E-state index is -0.388. The lowest BCUT2D eigenvalue weighted by atomic mass is 10.0. The zero-order valence-electron chi connectivity index (χ0n) is 21.4. The summed E-state index contributed by atoms with van der Waals surface area (Å²) in [6.45, 7) is 2.95. The molecule has 0 spiro atoms. The molecule has 2 aromatic heterocycles. The monoisotopic (exact) mass is 507 g/mol. The van der Waals surface area contributed by atoms with Gasteiger partial charge in [0.05, 0.1) is 35.1 Å². The molecule has 192 valence electrons. The highest BCUT2D eigenvalue weighted by atomic mass is 16.5. The number of ether oxygens (including phenoxy) is 1. The van der Waals surface area contributed by atoms with Gasteiger partial charge in [-0.05, 0) is 60.3 Å². The Kier molecular flexibility index (Phi) is 6.07. The smallest absolute Gasteiger partial charge is 0.337 e. The summed E-state index contributed by atoms with van der Waals surface area (Å²) in [5.41, 5.74) is 6.73. The van der Waals surface area contributed by atoms with Crippen LogP contribution in [0.3, 0.4) is 0 Å². The van der Waals surface area contributed by atoms with Crippen molar-refractivity contribution in [1.82, 2.24) is 14.5 Å². The van der Waals surface area contributed by atoms with E-state index in [9.17, 15) is 9.59 Å². The van der Waals surface area contributed by atoms with E-state index in [4.69, 9.17) is 9.72 Å². The highest BCUT2D eigenvalue weighted by Crippen LogP contribution is 2.34. The van der Waals surface area contributed by atoms with E-state index in [1.807, 2.05) is 42.5 Å². The van der Waals surface area contributed by atoms with Gasteiger partial charge in [-0.25, -0.2) is 9.78 Å². The Balaban J connectivity index is 1.31. The van der Waals surface area contributed by atoms with Crippen LogP contribution < -0.4 is 10.6 Å². The number of fused-ring (bicyclic) bond motifs is 3. The molecule has 0 radical (unpaired) electrons. The highest BCUT2D eigenvalue weighted by Gasteiger charge is 2.27. The number of aromatic amines is 1. The predicted octanol–water partition coefficient (Wildman–Crippen LogP) is 5.75. The second-order valence-electron chi connectivity index (χ2n) is 9.67. The highest BCUT2D eigenvalue weighted by molar-refractivity contribution is 6.04. The van der Waals surface area contributed by atoms with Gasteiger partial charge < -0.3 is 24.9 Å². The number of rotatable bonds is 7. The minimum absolute atomic E-state index is 0.0736. The first-order valence-corrected chi connectivity index (χ1v) is 12.9. The molecule has 5 aromatic rings. The molecule has 3 heterocycles. The summed E-state index contributed by atoms with van der Waals surface area (Å²) in [5, 5.41) is 7.63. The van der Waals surface area contributed by atoms with Crippen molar-refractivity contribution in [2.24, 2.45) is 0 Å². The maximum absolute atomic E-state index is 13.1. The third-order valence-corrected chi connectivity index (χ3v) is 7.10. The maximum Gasteiger partial charge on any atom is 0.337 e. The summed E-state index contributed by atoms with van der Waals surface area (Å²) in [6.07, 6.45) is 2.59. The first-order chi connectivity index (χ1) is 18.5. The second-order valence-corrected chi connectivity index (χ2v) is 9.67. The molecule has 8 nitrogen and oxygen atoms in total. The number of unbranched alkanes of at least 4 members (excludes halogenated alkanes) is 1. The topological polar surface area (TPSA) is 101 Å². The van der Waals surface area contributed by atoms with Crippen molar-refractivity contribution >= 4 is 45.2 Å². The number of anilines is 2. The van der Waals surface area contributed by atoms with Crippen LogP contribution >= 0.6 is 0 Å². The van der Waals surface area contributed by atoms with Gasteiger partial charge in [-0.2, -0.15) is 0 Å². The number of methoxy groups -OCH3 is 1. The van der Waals surface area contributed by atoms with E-state index in [2.05, 4.69) is 39.2 Å². The van der Waals surface area contributed by atoms with E-state index in [-0.39, 0.29) is 17.9 Å². The number of hydrogen-bond donors (Lipinski definition) is 3. The largest absolute Gasteiger partial charge is 0.465 e. The molecular formula is C30H29N5O3. The van der Waals surface area contributed by atoms with Crippen LogP contribution in [0.15, 0.2) is 66.7 Å². The summed E-state index contributed by atoms with van der Waals surface area (Å²) >= 11 is 0. The van der Waals surface area contributed by atoms with E-state index < -0.39 is 0 Å². The number of aryl methyl sites for hydroxylation is 1. The van der Waals surface area contributed by atoms with E-state index >= 15 is 0 Å². The summed E-state index contributed by atoms with van der Waals surface area (Å²) in [5.74, 6) is 0.337. The quantitative estimate of drug-likeness (QED) is 0.244. The lowest BCUT2D eigenvalue weighted by Crippen LogP contribution is -2.40. The van der Waals surface area contributed by atoms with Gasteiger partial charge in [-0.3, -0.25) is 4.79 Å². The van der Waals surface area contributed by atoms with Gasteiger partial charge in [0.25, 0.3) is 0 Å². The number of esters is 1. The Labute approximate surface area is 220 Å². The maximum atomic E-state index is 13.1. The number of amides is 1. The first kappa shape index (κ1) is 23.8. The molecular weight excluding hydrogens is 478 g/mol. The molecule has 3 N–H and O–H groups in total. The molecule has 0 aliphatic carbocycles. The normalized spacial score (nSPS) is 14.8. The summed E-state index contributed by atoms with van der Waals surface area (Å²) in [4.78, 5) is 33.4. The number of carbonyl (C=O) groups is 2. The van der Waals surface area contributed by atoms with Crippen LogP contribution in [0.1, 0.15) is 35.8 Å². The summed E-state index contributed by atoms with van der Waals surface area (Å²) in [7, 11) is 1.37. The van der Waals surface area contributed by atoms with Crippen molar-refractivity contribution in [1.29, 1.82) is 0 Å². The summed E-state index contributed by atoms with van der Waals surface area (Å²) in [6, 6.07) is 21.2. The van der Waals surface area contributed by atoms with Crippen LogP contribution in [0.5, 0.6) is 0 Å². The SMILES string of the molecule is CCCCn1c(-c2ccc3c(c2)NC(=O)[C@H](Cc2cc4ccccc4[nH]2)N3)nc2cc(C(=O)OC)ccc21. The van der Waals surface area contributed by atoms with Crippen molar-refractivity contribution < 1.29 is 14.3 Å². The van der Waals surface area contributed by atoms with Gasteiger partial charge in [0.15, 0.2) is 0 Å². The Morgan fingerprint density at radius 2 is 1.92 bits per heavy atom. The Bertz CT molecular complexity index is 1650. The zero-order chi connectivity index (χ0) is 26.2. The average molecular weight is 508 g/mol. The van der Waals surface area contributed by atoms with Crippen molar-refractivity contribution in [3.05, 3.63) is 78.0 Å². The van der Waals surface area contributed by atoms with Crippen molar-refractivity contribution in [3.8, 4) is 11.4 Å². The predicted molar refractivity (Wildman–Crippen MR) is 149 cm³/mol. The molecule has 1 aliphatic heterocycles. The van der Waals surface area contributed by atoms with Gasteiger partial charge in [-0.1, -0.05) is 31.5 Å². The van der Waals surface area contributed by atoms with Crippen LogP contribution in [0.25, 0.3) is 33.3 Å². The van der Waals surface area contributed by atoms with Crippen molar-refractivity contribution in [2.75, 3.05) is 17.7 Å². The number of carbonyl (C=O) groups excluding carboxylic acids is 2. The molecule has 0 bridgehead atoms. The van der Waals surface area contributed by atoms with Crippen molar-refractivity contribution in [3.63, 3.8) is 0 Å². The molecule has 8 heteroatoms. The van der Waals surface area contributed by atoms with E-state index in [0.29, 0.717) is 12.0 Å². The van der Waals surface area contributed by atoms with Crippen LogP contribution in [0.4, 0.5) is 11.4 Å². The number of aromatic nitrogens is 3. The van der Waals surface area contributed by atoms with Crippen LogP contribution in [0.2, 0.25) is 0 Å². The average Bonchev–Trinajstić information content (AvgIpc) is 3.51. The Hall–Kier alpha value is -4.59. The number of H-pyrrole nitrogens is 1. The standard InChI is InChI=1S/C30H29N5O3/c1-3-4-13-35-27-12-10-20(30(37)38-2)16-25(27)33-28(35)19-9-11-23-24(15-19)34-29(36)26(32-23)17-21-14-18-7-5-6-8-22(18)31-21/h5-12,14-16,26,31-32H,3-4,13,17H2,1-2H3,(H,34,36)/t26-/m0/s1. The third kappa shape index (κ3) is 4.28. The zero-order valence-corrected chi connectivity index (χ0v) is 21.4. The number of nitrogens with one attached hydrogen (secondary N) is 3. The number of nitrogens with zero attached hydrogens (tertiary/aromatic N) is 2. The number of imidazole rings is 1. The molecule has 1 atom stereocenters. The lowest BCUT2D eigenvalue weighted by Gasteiger charge is -2.27. The summed E-state index contributed by atoms with van der Waals surface area (Å²) < 4.78 is 7.06. The molecule has 38 heavy (non-hydrogen) atoms. The van der Waals surface area contributed by atoms with Crippen LogP contribution in [0, 0.1) is 0 Å². The fourth-order valence-corrected chi connectivity index (χ4v) is 5.13. The van der Waals surface area contributed by atoms with Crippen LogP contribution in [-0.4, -0.2) is 39.6 Å². The van der Waals surface area contributed by atoms with E-state index in [1.165, 1.54) is 7.11 Å². The number of benzene rings is 3. The molecule has 0 unspecified atom stereocenters. The lowest BCUT2D eigenvalue weighted by molar-refractivity contribution is -0.117. The number of hydrogen-bond acceptors (Lipinski definition) is 5. The van der Waals surface area contributed by atoms with Gasteiger partial charge in [0.2, 0.25) is 5.91 Å². The van der Waals surface area contributed by atoms with Crippen LogP contribution in [-0.2, 0) is 22.5 Å². The van der Waals surface area contributed by atoms with E-state index in [1.54, 1.807) is 12.1 Å². The fourth-order valence-electron chi connectivity index (χ4n) is 5.13. The molecule has 0 saturated carbocycles. The molecule has 6 rings (SSSR count). The molecule has 0 saturated heterocycles. The van der Waals surface area contributed by atoms with Crippen molar-refractivity contribution in [2.45, 2.75) is 38.8 Å². The number of para-hydroxylation sites is 1. The first-order valence-electron chi connectivity index (χ1n) is 12.9. The Morgan fingerprint density at radius 3 is 2.74 bits per heavy atom. The van der Waals surface area contributed by atoms with E-state index in [0.717, 1.165) is 69.8 Å². The molecule has 1 amide bonds. The third-order valence-electron chi connectivity index (χ3n) is 7.10. The molecule has 1 aliphatic rings. The van der Waals surface area contributed by atoms with Gasteiger partial charge in [0, 0.05) is 29.7 Å². The second kappa shape index (κ2) is 9.70. The Morgan fingerprint density at radius 1 is 1.05 bits per heavy atom. The van der Waals surface area contributed by atoms with Gasteiger partial charge in [-0.15, -0.1) is 0 Å². The van der Waals surface area contributed by atoms with Gasteiger partial charge in [0.1, 0.15) is 11.9 Å². The molecule has 0 fully saturated rings.